The van der Waals surface area contributed by atoms with Gasteiger partial charge in [0.15, 0.2) is 5.13 Å². The minimum atomic E-state index is -1.04. The summed E-state index contributed by atoms with van der Waals surface area (Å²) in [5, 5.41) is 12.7. The quantitative estimate of drug-likeness (QED) is 0.677. The molecule has 13 heavy (non-hydrogen) atoms. The molecule has 0 unspecified atom stereocenters. The van der Waals surface area contributed by atoms with Gasteiger partial charge in [-0.15, -0.1) is 11.3 Å². The van der Waals surface area contributed by atoms with Crippen molar-refractivity contribution >= 4 is 28.6 Å². The normalized spacial score (nSPS) is 10.5. The van der Waals surface area contributed by atoms with Gasteiger partial charge in [0.05, 0.1) is 5.69 Å². The second-order valence-corrected chi connectivity index (χ2v) is 3.09. The minimum Gasteiger partial charge on any atom is -0.465 e. The number of nitrogens with zero attached hydrogens (tertiary/aromatic N) is 1. The van der Waals surface area contributed by atoms with Crippen LogP contribution >= 0.6 is 11.3 Å². The van der Waals surface area contributed by atoms with Gasteiger partial charge < -0.3 is 16.2 Å². The van der Waals surface area contributed by atoms with Gasteiger partial charge in [0.2, 0.25) is 0 Å². The van der Waals surface area contributed by atoms with E-state index in [1.165, 1.54) is 11.3 Å². The molecule has 0 aromatic carbocycles. The lowest BCUT2D eigenvalue weighted by molar-refractivity contribution is 0.195. The first-order chi connectivity index (χ1) is 6.18. The first-order valence-electron chi connectivity index (χ1n) is 3.53. The third-order valence-corrected chi connectivity index (χ3v) is 1.89. The van der Waals surface area contributed by atoms with Crippen molar-refractivity contribution in [2.75, 3.05) is 12.3 Å². The number of amides is 1. The van der Waals surface area contributed by atoms with Crippen LogP contribution in [0.3, 0.4) is 0 Å². The molecule has 0 atom stereocenters. The lowest BCUT2D eigenvalue weighted by atomic mass is 10.4. The van der Waals surface area contributed by atoms with Crippen molar-refractivity contribution in [2.45, 2.75) is 0 Å². The molecular formula is C7H9N3O2S. The van der Waals surface area contributed by atoms with Gasteiger partial charge in [0, 0.05) is 11.9 Å². The van der Waals surface area contributed by atoms with E-state index in [1.807, 2.05) is 0 Å². The molecule has 1 rings (SSSR count). The monoisotopic (exact) mass is 199 g/mol. The molecule has 0 bridgehead atoms. The third kappa shape index (κ3) is 3.57. The zero-order valence-electron chi connectivity index (χ0n) is 6.73. The van der Waals surface area contributed by atoms with E-state index in [4.69, 9.17) is 10.8 Å². The second kappa shape index (κ2) is 4.46. The summed E-state index contributed by atoms with van der Waals surface area (Å²) >= 11 is 1.35. The molecule has 6 heteroatoms. The van der Waals surface area contributed by atoms with Gasteiger partial charge in [-0.2, -0.15) is 0 Å². The number of carboxylic acid groups (broad SMARTS) is 1. The van der Waals surface area contributed by atoms with E-state index >= 15 is 0 Å². The number of hydrogen-bond donors (Lipinski definition) is 3. The fraction of sp³-hybridized carbons (Fsp3) is 0.143. The molecule has 4 N–H and O–H groups in total. The number of carbonyl (C=O) groups is 1. The second-order valence-electron chi connectivity index (χ2n) is 2.20. The zero-order valence-corrected chi connectivity index (χ0v) is 7.54. The van der Waals surface area contributed by atoms with Gasteiger partial charge in [-0.25, -0.2) is 9.78 Å². The molecule has 0 spiro atoms. The summed E-state index contributed by atoms with van der Waals surface area (Å²) in [6, 6.07) is 0. The highest BCUT2D eigenvalue weighted by molar-refractivity contribution is 7.13. The minimum absolute atomic E-state index is 0.271. The molecule has 0 aliphatic heterocycles. The molecule has 1 heterocycles. The maximum absolute atomic E-state index is 10.0. The number of aromatic nitrogens is 1. The van der Waals surface area contributed by atoms with E-state index in [-0.39, 0.29) is 6.54 Å². The molecular weight excluding hydrogens is 190 g/mol. The van der Waals surface area contributed by atoms with Crippen molar-refractivity contribution in [3.8, 4) is 0 Å². The highest BCUT2D eigenvalue weighted by atomic mass is 32.1. The Kier molecular flexibility index (Phi) is 3.27. The summed E-state index contributed by atoms with van der Waals surface area (Å²) in [5.74, 6) is 0. The first-order valence-corrected chi connectivity index (χ1v) is 4.41. The lowest BCUT2D eigenvalue weighted by Gasteiger charge is -1.91. The summed E-state index contributed by atoms with van der Waals surface area (Å²) in [7, 11) is 0. The number of nitrogens with two attached hydrogens (primary N) is 1. The number of anilines is 1. The molecule has 0 aliphatic rings. The van der Waals surface area contributed by atoms with Crippen LogP contribution in [0.4, 0.5) is 9.93 Å². The molecule has 0 saturated carbocycles. The Morgan fingerprint density at radius 2 is 2.62 bits per heavy atom. The average Bonchev–Trinajstić information content (AvgIpc) is 2.45. The van der Waals surface area contributed by atoms with E-state index in [0.29, 0.717) is 5.13 Å². The predicted molar refractivity (Wildman–Crippen MR) is 51.6 cm³/mol. The Morgan fingerprint density at radius 3 is 3.15 bits per heavy atom. The van der Waals surface area contributed by atoms with E-state index in [9.17, 15) is 4.79 Å². The Hall–Kier alpha value is -1.56. The molecule has 5 nitrogen and oxygen atoms in total. The molecule has 0 aliphatic carbocycles. The van der Waals surface area contributed by atoms with Crippen LogP contribution in [0.25, 0.3) is 6.08 Å². The van der Waals surface area contributed by atoms with Gasteiger partial charge in [-0.05, 0) is 6.08 Å². The highest BCUT2D eigenvalue weighted by Crippen LogP contribution is 2.11. The van der Waals surface area contributed by atoms with Crippen LogP contribution in [0, 0.1) is 0 Å². The summed E-state index contributed by atoms with van der Waals surface area (Å²) in [5.41, 5.74) is 6.14. The van der Waals surface area contributed by atoms with Gasteiger partial charge >= 0.3 is 6.09 Å². The van der Waals surface area contributed by atoms with E-state index in [2.05, 4.69) is 10.3 Å². The Balaban J connectivity index is 2.36. The molecule has 1 amide bonds. The van der Waals surface area contributed by atoms with Crippen LogP contribution in [-0.2, 0) is 0 Å². The van der Waals surface area contributed by atoms with Crippen LogP contribution < -0.4 is 11.1 Å². The maximum Gasteiger partial charge on any atom is 0.404 e. The number of hydrogen-bond acceptors (Lipinski definition) is 4. The molecule has 1 aromatic rings. The summed E-state index contributed by atoms with van der Waals surface area (Å²) in [4.78, 5) is 14.0. The fourth-order valence-electron chi connectivity index (χ4n) is 0.703. The Morgan fingerprint density at radius 1 is 1.85 bits per heavy atom. The van der Waals surface area contributed by atoms with Crippen molar-refractivity contribution in [2.24, 2.45) is 0 Å². The number of thiazole rings is 1. The Bertz CT molecular complexity index is 321. The average molecular weight is 199 g/mol. The van der Waals surface area contributed by atoms with Crippen molar-refractivity contribution in [3.05, 3.63) is 17.2 Å². The maximum atomic E-state index is 10.0. The number of nitrogen functional groups attached to an aromatic ring is 1. The summed E-state index contributed by atoms with van der Waals surface area (Å²) in [6.07, 6.45) is 2.34. The van der Waals surface area contributed by atoms with Gasteiger partial charge in [-0.3, -0.25) is 0 Å². The molecule has 0 radical (unpaired) electrons. The fourth-order valence-corrected chi connectivity index (χ4v) is 1.23. The topological polar surface area (TPSA) is 88.2 Å². The van der Waals surface area contributed by atoms with Gasteiger partial charge in [0.1, 0.15) is 0 Å². The predicted octanol–water partition coefficient (Wildman–Crippen LogP) is 1.01. The molecule has 70 valence electrons. The Labute approximate surface area is 78.9 Å². The number of nitrogens with one attached hydrogen (secondary N) is 1. The van der Waals surface area contributed by atoms with Crippen molar-refractivity contribution in [1.29, 1.82) is 0 Å². The summed E-state index contributed by atoms with van der Waals surface area (Å²) in [6.45, 7) is 0.271. The van der Waals surface area contributed by atoms with Crippen LogP contribution in [0.5, 0.6) is 0 Å². The highest BCUT2D eigenvalue weighted by Gasteiger charge is 1.93. The molecule has 1 aromatic heterocycles. The van der Waals surface area contributed by atoms with Crippen LogP contribution in [0.1, 0.15) is 5.69 Å². The van der Waals surface area contributed by atoms with Crippen molar-refractivity contribution < 1.29 is 9.90 Å². The summed E-state index contributed by atoms with van der Waals surface area (Å²) < 4.78 is 0. The third-order valence-electron chi connectivity index (χ3n) is 1.20. The number of rotatable bonds is 3. The van der Waals surface area contributed by atoms with Gasteiger partial charge in [-0.1, -0.05) is 6.08 Å². The first kappa shape index (κ1) is 9.53. The SMILES string of the molecule is Nc1nc(/C=C/CNC(=O)O)cs1. The lowest BCUT2D eigenvalue weighted by Crippen LogP contribution is -2.20. The molecule has 0 fully saturated rings. The standard InChI is InChI=1S/C7H9N3O2S/c8-6-10-5(4-13-6)2-1-3-9-7(11)12/h1-2,4,9H,3H2,(H2,8,10)(H,11,12)/b2-1+. The largest absolute Gasteiger partial charge is 0.465 e. The smallest absolute Gasteiger partial charge is 0.404 e. The van der Waals surface area contributed by atoms with Crippen molar-refractivity contribution in [1.82, 2.24) is 10.3 Å². The zero-order chi connectivity index (χ0) is 9.68. The van der Waals surface area contributed by atoms with E-state index < -0.39 is 6.09 Å². The van der Waals surface area contributed by atoms with Crippen molar-refractivity contribution in [3.63, 3.8) is 0 Å². The van der Waals surface area contributed by atoms with Gasteiger partial charge in [0.25, 0.3) is 0 Å². The molecule has 0 saturated heterocycles. The van der Waals surface area contributed by atoms with Crippen LogP contribution in [0.15, 0.2) is 11.5 Å². The van der Waals surface area contributed by atoms with E-state index in [1.54, 1.807) is 17.5 Å². The van der Waals surface area contributed by atoms with Crippen LogP contribution in [-0.4, -0.2) is 22.7 Å². The van der Waals surface area contributed by atoms with E-state index in [0.717, 1.165) is 5.69 Å². The van der Waals surface area contributed by atoms with Crippen LogP contribution in [0.2, 0.25) is 0 Å².